The fourth-order valence-corrected chi connectivity index (χ4v) is 5.43. The molecule has 0 heterocycles. The Kier molecular flexibility index (Phi) is 21.8. The van der Waals surface area contributed by atoms with E-state index in [1.54, 1.807) is 25.0 Å². The summed E-state index contributed by atoms with van der Waals surface area (Å²) >= 11 is 0. The number of halogens is 6. The second kappa shape index (κ2) is 22.3. The Morgan fingerprint density at radius 3 is 1.22 bits per heavy atom. The zero-order chi connectivity index (χ0) is 34.3. The number of esters is 1. The van der Waals surface area contributed by atoms with Crippen molar-refractivity contribution >= 4 is 37.6 Å². The Bertz CT molecular complexity index is 1280. The van der Waals surface area contributed by atoms with Gasteiger partial charge >= 0.3 is 61.6 Å². The Hall–Kier alpha value is -3.21. The summed E-state index contributed by atoms with van der Waals surface area (Å²) in [5, 5.41) is 4.19. The molecule has 0 aromatic heterocycles. The molecule has 0 saturated heterocycles. The maximum Gasteiger partial charge on any atom is 0 e. The number of ether oxygens (including phenoxy) is 1. The monoisotopic (exact) mass is 720 g/mol. The van der Waals surface area contributed by atoms with Crippen molar-refractivity contribution in [1.29, 1.82) is 0 Å². The van der Waals surface area contributed by atoms with Crippen LogP contribution in [-0.2, 0) is 31.2 Å². The number of carbonyl (C=O) groups is 1. The zero-order valence-electron chi connectivity index (χ0n) is 24.1. The van der Waals surface area contributed by atoms with Crippen LogP contribution in [0.5, 0.6) is 5.75 Å². The summed E-state index contributed by atoms with van der Waals surface area (Å²) in [7, 11) is -11.1. The summed E-state index contributed by atoms with van der Waals surface area (Å²) in [5.41, 5.74) is 0. The molecule has 0 spiro atoms. The summed E-state index contributed by atoms with van der Waals surface area (Å²) in [6.45, 7) is 10.9. The molecule has 0 fully saturated rings. The summed E-state index contributed by atoms with van der Waals surface area (Å²) in [6, 6.07) is 41.3. The van der Waals surface area contributed by atoms with Crippen LogP contribution in [0.25, 0.3) is 0 Å². The van der Waals surface area contributed by atoms with Gasteiger partial charge in [0, 0.05) is 17.1 Å². The number of benzene rings is 4. The predicted molar refractivity (Wildman–Crippen MR) is 166 cm³/mol. The molecule has 0 N–H and O–H groups in total. The van der Waals surface area contributed by atoms with Gasteiger partial charge in [-0.3, -0.25) is 4.79 Å². The summed E-state index contributed by atoms with van der Waals surface area (Å²) in [6.07, 6.45) is 8.52. The van der Waals surface area contributed by atoms with Crippen molar-refractivity contribution < 1.29 is 61.1 Å². The van der Waals surface area contributed by atoms with Gasteiger partial charge in [-0.15, -0.1) is 0 Å². The van der Waals surface area contributed by atoms with Crippen molar-refractivity contribution in [2.45, 2.75) is 6.92 Å². The van der Waals surface area contributed by atoms with E-state index in [4.69, 9.17) is 14.0 Å². The molecule has 5 radical (unpaired) electrons. The van der Waals surface area contributed by atoms with Crippen molar-refractivity contribution in [2.75, 3.05) is 0 Å². The Morgan fingerprint density at radius 1 is 0.609 bits per heavy atom. The van der Waals surface area contributed by atoms with E-state index in [-0.39, 0.29) is 23.0 Å². The molecule has 4 aromatic carbocycles. The Morgan fingerprint density at radius 2 is 0.913 bits per heavy atom. The van der Waals surface area contributed by atoms with E-state index in [9.17, 15) is 30.0 Å². The van der Waals surface area contributed by atoms with Crippen LogP contribution in [0.1, 0.15) is 6.92 Å². The number of para-hydroxylation sites is 1. The molecule has 0 aliphatic heterocycles. The molecular weight excluding hydrogens is 692 g/mol. The van der Waals surface area contributed by atoms with Crippen molar-refractivity contribution in [3.63, 3.8) is 0 Å². The summed E-state index contributed by atoms with van der Waals surface area (Å²) < 4.78 is 79.2. The molecule has 0 atom stereocenters. The molecule has 0 amide bonds. The van der Waals surface area contributed by atoms with Crippen molar-refractivity contribution in [3.05, 3.63) is 167 Å². The number of hydrogen-bond donors (Lipinski definition) is 0. The van der Waals surface area contributed by atoms with Crippen LogP contribution >= 0.6 is 15.7 Å². The molecular formula is C33H28F6FeO4P2-. The van der Waals surface area contributed by atoms with E-state index in [2.05, 4.69) is 104 Å². The van der Waals surface area contributed by atoms with Crippen molar-refractivity contribution in [3.8, 4) is 5.75 Å². The molecule has 4 rings (SSSR count). The van der Waals surface area contributed by atoms with E-state index >= 15 is 0 Å². The van der Waals surface area contributed by atoms with Gasteiger partial charge < -0.3 is 4.74 Å². The molecule has 0 aliphatic carbocycles. The van der Waals surface area contributed by atoms with Crippen LogP contribution < -0.4 is 20.7 Å². The minimum atomic E-state index is -10.7. The Labute approximate surface area is 277 Å². The van der Waals surface area contributed by atoms with Gasteiger partial charge in [-0.1, -0.05) is 116 Å². The molecule has 46 heavy (non-hydrogen) atoms. The number of unbranched alkanes of at least 4 members (excludes halogenated alkanes) is 3. The third kappa shape index (κ3) is 25.0. The molecule has 0 aliphatic rings. The third-order valence-electron chi connectivity index (χ3n) is 4.65. The average Bonchev–Trinajstić information content (AvgIpc) is 3.02. The van der Waals surface area contributed by atoms with Gasteiger partial charge in [0.2, 0.25) is 0 Å². The smallest absolute Gasteiger partial charge is 0 e. The van der Waals surface area contributed by atoms with Gasteiger partial charge in [-0.25, -0.2) is 0 Å². The van der Waals surface area contributed by atoms with Crippen LogP contribution in [0.4, 0.5) is 25.2 Å². The molecule has 245 valence electrons. The second-order valence-electron chi connectivity index (χ2n) is 8.11. The van der Waals surface area contributed by atoms with Gasteiger partial charge in [-0.2, -0.15) is 0 Å². The van der Waals surface area contributed by atoms with E-state index in [0.29, 0.717) is 5.75 Å². The molecule has 0 saturated carbocycles. The topological polar surface area (TPSA) is 66.1 Å². The van der Waals surface area contributed by atoms with Gasteiger partial charge in [0.15, 0.2) is 0 Å². The summed E-state index contributed by atoms with van der Waals surface area (Å²) in [4.78, 5) is 11.2. The number of hydrogen-bond acceptors (Lipinski definition) is 2. The standard InChI is InChI=1S/C18H15P.C13H13O2.2CO.F6P.Fe/c1-4-10-16(11-5-1)19(17-12-6-2-7-13-17)18-14-8-3-9-15-18;1-2-3-4-8-11-13(14)15-12-9-6-5-7-10-12;2*1-2;1-7(2,3,4,5)6;/h1-15H;2-11H,1H3;;;;/q;;;;-1;. The Balaban J connectivity index is 0. The number of rotatable bonds is 9. The predicted octanol–water partition coefficient (Wildman–Crippen LogP) is 9.38. The minimum absolute atomic E-state index is 0. The minimum Gasteiger partial charge on any atom is -0.0622 e. The molecule has 0 bridgehead atoms. The van der Waals surface area contributed by atoms with Gasteiger partial charge in [0.25, 0.3) is 0 Å². The summed E-state index contributed by atoms with van der Waals surface area (Å²) in [5.74, 6) is 0.181. The fourth-order valence-electron chi connectivity index (χ4n) is 3.13. The SMILES string of the molecule is C[CH][CH][CH][CH][CH]C(=O)Oc1ccccc1.F[P-](F)(F)(F)(F)F.[C-]#[O+].[C-]#[O+].[Fe].c1ccc(P(c2ccccc2)c2ccccc2)cc1. The van der Waals surface area contributed by atoms with Crippen LogP contribution in [0.15, 0.2) is 121 Å². The van der Waals surface area contributed by atoms with Crippen LogP contribution in [0.2, 0.25) is 0 Å². The second-order valence-corrected chi connectivity index (χ2v) is 12.2. The van der Waals surface area contributed by atoms with E-state index < -0.39 is 15.7 Å². The molecule has 4 nitrogen and oxygen atoms in total. The van der Waals surface area contributed by atoms with Crippen LogP contribution in [0, 0.1) is 45.4 Å². The van der Waals surface area contributed by atoms with E-state index in [1.807, 2.05) is 38.0 Å². The van der Waals surface area contributed by atoms with Gasteiger partial charge in [0.05, 0.1) is 6.42 Å². The van der Waals surface area contributed by atoms with Gasteiger partial charge in [0.1, 0.15) is 5.75 Å². The first-order valence-electron chi connectivity index (χ1n) is 12.5. The average molecular weight is 720 g/mol. The van der Waals surface area contributed by atoms with Crippen LogP contribution in [0.3, 0.4) is 0 Å². The van der Waals surface area contributed by atoms with Crippen molar-refractivity contribution in [1.82, 2.24) is 0 Å². The maximum atomic E-state index is 11.2. The molecule has 0 unspecified atom stereocenters. The third-order valence-corrected chi connectivity index (χ3v) is 7.10. The first-order valence-corrected chi connectivity index (χ1v) is 15.9. The fraction of sp³-hybridized carbons (Fsp3) is 0.0303. The zero-order valence-corrected chi connectivity index (χ0v) is 27.0. The van der Waals surface area contributed by atoms with Gasteiger partial charge in [-0.05, 0) is 61.7 Å². The molecule has 13 heteroatoms. The maximum absolute atomic E-state index is 11.2. The normalized spacial score (nSPS) is 11.2. The first kappa shape index (κ1) is 44.9. The first-order chi connectivity index (χ1) is 21.2. The molecule has 4 aromatic rings. The quantitative estimate of drug-likeness (QED) is 0.0253. The van der Waals surface area contributed by atoms with E-state index in [1.165, 1.54) is 22.3 Å². The van der Waals surface area contributed by atoms with Crippen LogP contribution in [-0.4, -0.2) is 5.97 Å². The van der Waals surface area contributed by atoms with Crippen molar-refractivity contribution in [2.24, 2.45) is 0 Å². The number of carbonyl (C=O) groups excluding carboxylic acids is 1. The van der Waals surface area contributed by atoms with E-state index in [0.717, 1.165) is 0 Å². The largest absolute Gasteiger partial charge is 0.0622 e.